The van der Waals surface area contributed by atoms with E-state index in [4.69, 9.17) is 0 Å². The predicted octanol–water partition coefficient (Wildman–Crippen LogP) is 2.23. The lowest BCUT2D eigenvalue weighted by Gasteiger charge is -2.38. The summed E-state index contributed by atoms with van der Waals surface area (Å²) in [6.07, 6.45) is 0.930. The van der Waals surface area contributed by atoms with Gasteiger partial charge >= 0.3 is 0 Å². The van der Waals surface area contributed by atoms with Gasteiger partial charge in [-0.15, -0.1) is 0 Å². The second kappa shape index (κ2) is 4.86. The van der Waals surface area contributed by atoms with Gasteiger partial charge in [0, 0.05) is 13.1 Å². The molecule has 1 aromatic carbocycles. The first-order valence-corrected chi connectivity index (χ1v) is 6.34. The fourth-order valence-corrected chi connectivity index (χ4v) is 2.47. The monoisotopic (exact) mass is 253 g/mol. The van der Waals surface area contributed by atoms with Crippen LogP contribution in [0.3, 0.4) is 0 Å². The van der Waals surface area contributed by atoms with Crippen molar-refractivity contribution in [1.82, 2.24) is 0 Å². The molecule has 0 aliphatic carbocycles. The van der Waals surface area contributed by atoms with E-state index in [1.807, 2.05) is 4.90 Å². The third-order valence-corrected chi connectivity index (χ3v) is 3.47. The molecular formula is C14H20FNO2. The van der Waals surface area contributed by atoms with E-state index >= 15 is 0 Å². The number of aliphatic hydroxyl groups is 2. The van der Waals surface area contributed by atoms with Gasteiger partial charge in [-0.1, -0.05) is 6.07 Å². The molecule has 2 atom stereocenters. The van der Waals surface area contributed by atoms with Gasteiger partial charge in [0.1, 0.15) is 5.82 Å². The van der Waals surface area contributed by atoms with Crippen molar-refractivity contribution in [2.75, 3.05) is 18.0 Å². The predicted molar refractivity (Wildman–Crippen MR) is 69.1 cm³/mol. The molecule has 18 heavy (non-hydrogen) atoms. The maximum absolute atomic E-state index is 14.0. The van der Waals surface area contributed by atoms with Gasteiger partial charge in [-0.05, 0) is 44.4 Å². The van der Waals surface area contributed by atoms with Gasteiger partial charge in [-0.3, -0.25) is 0 Å². The van der Waals surface area contributed by atoms with Gasteiger partial charge in [-0.2, -0.15) is 0 Å². The quantitative estimate of drug-likeness (QED) is 0.849. The van der Waals surface area contributed by atoms with Gasteiger partial charge in [-0.25, -0.2) is 4.39 Å². The first kappa shape index (κ1) is 13.3. The van der Waals surface area contributed by atoms with Crippen molar-refractivity contribution < 1.29 is 14.6 Å². The van der Waals surface area contributed by atoms with Crippen LogP contribution in [-0.4, -0.2) is 28.9 Å². The number of rotatable bonds is 2. The highest BCUT2D eigenvalue weighted by atomic mass is 19.1. The van der Waals surface area contributed by atoms with Crippen LogP contribution < -0.4 is 4.90 Å². The first-order chi connectivity index (χ1) is 8.39. The third-order valence-electron chi connectivity index (χ3n) is 3.47. The Morgan fingerprint density at radius 1 is 1.44 bits per heavy atom. The SMILES string of the molecule is C[C@H](O)c1ccc(N2CCCC(C)(O)C2)c(F)c1. The topological polar surface area (TPSA) is 43.7 Å². The lowest BCUT2D eigenvalue weighted by Crippen LogP contribution is -2.46. The molecule has 2 N–H and O–H groups in total. The molecule has 1 aromatic rings. The van der Waals surface area contributed by atoms with Crippen LogP contribution in [0.25, 0.3) is 0 Å². The number of hydrogen-bond acceptors (Lipinski definition) is 3. The summed E-state index contributed by atoms with van der Waals surface area (Å²) < 4.78 is 14.0. The first-order valence-electron chi connectivity index (χ1n) is 6.34. The van der Waals surface area contributed by atoms with Crippen molar-refractivity contribution in [1.29, 1.82) is 0 Å². The highest BCUT2D eigenvalue weighted by Crippen LogP contribution is 2.29. The van der Waals surface area contributed by atoms with Crippen LogP contribution in [0.4, 0.5) is 10.1 Å². The lowest BCUT2D eigenvalue weighted by molar-refractivity contribution is 0.0447. The zero-order chi connectivity index (χ0) is 13.3. The van der Waals surface area contributed by atoms with Crippen LogP contribution in [-0.2, 0) is 0 Å². The van der Waals surface area contributed by atoms with Gasteiger partial charge in [0.05, 0.1) is 17.4 Å². The Morgan fingerprint density at radius 2 is 2.17 bits per heavy atom. The molecule has 1 heterocycles. The number of hydrogen-bond donors (Lipinski definition) is 2. The molecule has 1 fully saturated rings. The highest BCUT2D eigenvalue weighted by Gasteiger charge is 2.29. The third kappa shape index (κ3) is 2.82. The molecule has 0 bridgehead atoms. The normalized spacial score (nSPS) is 26.2. The van der Waals surface area contributed by atoms with E-state index < -0.39 is 11.7 Å². The van der Waals surface area contributed by atoms with Gasteiger partial charge in [0.2, 0.25) is 0 Å². The van der Waals surface area contributed by atoms with E-state index in [1.54, 1.807) is 26.0 Å². The molecule has 0 radical (unpaired) electrons. The van der Waals surface area contributed by atoms with Crippen LogP contribution >= 0.6 is 0 Å². The van der Waals surface area contributed by atoms with Crippen molar-refractivity contribution in [3.8, 4) is 0 Å². The number of nitrogens with zero attached hydrogens (tertiary/aromatic N) is 1. The van der Waals surface area contributed by atoms with Crippen LogP contribution in [0.2, 0.25) is 0 Å². The zero-order valence-corrected chi connectivity index (χ0v) is 10.9. The lowest BCUT2D eigenvalue weighted by atomic mass is 9.94. The number of aliphatic hydroxyl groups excluding tert-OH is 1. The van der Waals surface area contributed by atoms with Crippen LogP contribution in [0.1, 0.15) is 38.4 Å². The Kier molecular flexibility index (Phi) is 3.59. The number of halogens is 1. The number of anilines is 1. The number of benzene rings is 1. The maximum atomic E-state index is 14.0. The molecule has 0 aromatic heterocycles. The second-order valence-corrected chi connectivity index (χ2v) is 5.41. The largest absolute Gasteiger partial charge is 0.389 e. The van der Waals surface area contributed by atoms with Crippen LogP contribution in [0, 0.1) is 5.82 Å². The summed E-state index contributed by atoms with van der Waals surface area (Å²) in [5, 5.41) is 19.4. The van der Waals surface area contributed by atoms with E-state index in [9.17, 15) is 14.6 Å². The fourth-order valence-electron chi connectivity index (χ4n) is 2.47. The van der Waals surface area contributed by atoms with Crippen molar-refractivity contribution in [3.05, 3.63) is 29.6 Å². The highest BCUT2D eigenvalue weighted by molar-refractivity contribution is 5.50. The van der Waals surface area contributed by atoms with Crippen molar-refractivity contribution in [2.24, 2.45) is 0 Å². The molecule has 1 unspecified atom stereocenters. The number of β-amino-alcohol motifs (C(OH)–C–C–N with tert-alkyl or cyclic N) is 1. The minimum Gasteiger partial charge on any atom is -0.389 e. The van der Waals surface area contributed by atoms with E-state index in [0.717, 1.165) is 19.4 Å². The van der Waals surface area contributed by atoms with E-state index in [2.05, 4.69) is 0 Å². The average molecular weight is 253 g/mol. The van der Waals surface area contributed by atoms with E-state index in [0.29, 0.717) is 17.8 Å². The summed E-state index contributed by atoms with van der Waals surface area (Å²) in [4.78, 5) is 1.87. The van der Waals surface area contributed by atoms with Crippen LogP contribution in [0.15, 0.2) is 18.2 Å². The molecule has 3 nitrogen and oxygen atoms in total. The minimum atomic E-state index is -0.756. The van der Waals surface area contributed by atoms with Gasteiger partial charge in [0.15, 0.2) is 0 Å². The van der Waals surface area contributed by atoms with Crippen LogP contribution in [0.5, 0.6) is 0 Å². The Labute approximate surface area is 107 Å². The Morgan fingerprint density at radius 3 is 2.72 bits per heavy atom. The summed E-state index contributed by atoms with van der Waals surface area (Å²) in [6, 6.07) is 4.77. The van der Waals surface area contributed by atoms with E-state index in [-0.39, 0.29) is 5.82 Å². The summed E-state index contributed by atoms with van der Waals surface area (Å²) in [6.45, 7) is 4.58. The maximum Gasteiger partial charge on any atom is 0.146 e. The Balaban J connectivity index is 2.23. The molecule has 0 spiro atoms. The molecule has 2 rings (SSSR count). The molecule has 0 amide bonds. The van der Waals surface area contributed by atoms with Crippen molar-refractivity contribution in [2.45, 2.75) is 38.4 Å². The molecule has 1 aliphatic heterocycles. The Hall–Kier alpha value is -1.13. The number of piperidine rings is 1. The van der Waals surface area contributed by atoms with Crippen molar-refractivity contribution in [3.63, 3.8) is 0 Å². The molecule has 4 heteroatoms. The molecular weight excluding hydrogens is 233 g/mol. The minimum absolute atomic E-state index is 0.342. The smallest absolute Gasteiger partial charge is 0.146 e. The molecule has 0 saturated carbocycles. The van der Waals surface area contributed by atoms with E-state index in [1.165, 1.54) is 6.07 Å². The fraction of sp³-hybridized carbons (Fsp3) is 0.571. The summed E-state index contributed by atoms with van der Waals surface area (Å²) in [7, 11) is 0. The summed E-state index contributed by atoms with van der Waals surface area (Å²) >= 11 is 0. The van der Waals surface area contributed by atoms with Crippen molar-refractivity contribution >= 4 is 5.69 Å². The summed E-state index contributed by atoms with van der Waals surface area (Å²) in [5.74, 6) is -0.342. The summed E-state index contributed by atoms with van der Waals surface area (Å²) in [5.41, 5.74) is 0.313. The molecule has 1 aliphatic rings. The molecule has 100 valence electrons. The second-order valence-electron chi connectivity index (χ2n) is 5.41. The zero-order valence-electron chi connectivity index (χ0n) is 10.9. The van der Waals surface area contributed by atoms with Gasteiger partial charge < -0.3 is 15.1 Å². The van der Waals surface area contributed by atoms with Gasteiger partial charge in [0.25, 0.3) is 0 Å². The Bertz CT molecular complexity index is 432. The average Bonchev–Trinajstić information content (AvgIpc) is 2.27. The standard InChI is InChI=1S/C14H20FNO2/c1-10(17)11-4-5-13(12(15)8-11)16-7-3-6-14(2,18)9-16/h4-5,8,10,17-18H,3,6-7,9H2,1-2H3/t10-,14?/m0/s1. The molecule has 1 saturated heterocycles.